The van der Waals surface area contributed by atoms with E-state index in [1.165, 1.54) is 0 Å². The molecule has 0 bridgehead atoms. The first kappa shape index (κ1) is 11.1. The summed E-state index contributed by atoms with van der Waals surface area (Å²) in [6, 6.07) is 5.88. The van der Waals surface area contributed by atoms with Gasteiger partial charge < -0.3 is 10.6 Å². The van der Waals surface area contributed by atoms with Gasteiger partial charge in [0.15, 0.2) is 0 Å². The highest BCUT2D eigenvalue weighted by Crippen LogP contribution is 2.17. The number of hydrogen-bond donors (Lipinski definition) is 2. The van der Waals surface area contributed by atoms with E-state index in [0.717, 1.165) is 18.7 Å². The molecule has 0 saturated carbocycles. The summed E-state index contributed by atoms with van der Waals surface area (Å²) in [5.74, 6) is 0.766. The number of pyridine rings is 1. The van der Waals surface area contributed by atoms with Crippen LogP contribution in [0.4, 0.5) is 5.82 Å². The predicted octanol–water partition coefficient (Wildman–Crippen LogP) is 1.33. The highest BCUT2D eigenvalue weighted by Gasteiger charge is 2.29. The van der Waals surface area contributed by atoms with E-state index in [4.69, 9.17) is 0 Å². The van der Waals surface area contributed by atoms with Crippen molar-refractivity contribution < 1.29 is 4.79 Å². The molecule has 0 aromatic carbocycles. The number of anilines is 1. The molecular formula is C12H17N3O. The molecule has 1 aliphatic heterocycles. The fourth-order valence-electron chi connectivity index (χ4n) is 2.05. The van der Waals surface area contributed by atoms with E-state index >= 15 is 0 Å². The van der Waals surface area contributed by atoms with Crippen molar-refractivity contribution >= 4 is 11.7 Å². The molecule has 2 N–H and O–H groups in total. The number of amides is 1. The van der Waals surface area contributed by atoms with E-state index in [0.29, 0.717) is 5.82 Å². The normalized spacial score (nSPS) is 24.4. The van der Waals surface area contributed by atoms with E-state index < -0.39 is 0 Å². The largest absolute Gasteiger partial charge is 0.313 e. The Morgan fingerprint density at radius 2 is 2.38 bits per heavy atom. The van der Waals surface area contributed by atoms with Crippen LogP contribution in [0.25, 0.3) is 0 Å². The summed E-state index contributed by atoms with van der Waals surface area (Å²) in [5, 5.41) is 6.13. The van der Waals surface area contributed by atoms with Gasteiger partial charge in [0, 0.05) is 11.7 Å². The third kappa shape index (κ3) is 2.39. The Balaban J connectivity index is 2.02. The van der Waals surface area contributed by atoms with E-state index in [2.05, 4.69) is 15.6 Å². The zero-order valence-electron chi connectivity index (χ0n) is 9.66. The number of carbonyl (C=O) groups excluding carboxylic acids is 1. The Bertz CT molecular complexity index is 392. The molecule has 0 radical (unpaired) electrons. The molecular weight excluding hydrogens is 202 g/mol. The number of aryl methyl sites for hydroxylation is 1. The minimum absolute atomic E-state index is 0.0577. The Hall–Kier alpha value is -1.42. The van der Waals surface area contributed by atoms with Crippen LogP contribution in [-0.4, -0.2) is 23.5 Å². The van der Waals surface area contributed by atoms with Crippen LogP contribution < -0.4 is 10.6 Å². The summed E-state index contributed by atoms with van der Waals surface area (Å²) in [4.78, 5) is 16.2. The average molecular weight is 219 g/mol. The molecule has 0 aliphatic carbocycles. The van der Waals surface area contributed by atoms with Crippen molar-refractivity contribution in [3.8, 4) is 0 Å². The Morgan fingerprint density at radius 1 is 1.56 bits per heavy atom. The highest BCUT2D eigenvalue weighted by atomic mass is 16.2. The summed E-state index contributed by atoms with van der Waals surface area (Å²) in [5.41, 5.74) is 0.912. The molecule has 2 unspecified atom stereocenters. The van der Waals surface area contributed by atoms with Gasteiger partial charge in [0.2, 0.25) is 5.91 Å². The van der Waals surface area contributed by atoms with Crippen LogP contribution in [0.3, 0.4) is 0 Å². The van der Waals surface area contributed by atoms with Gasteiger partial charge in [-0.3, -0.25) is 4.79 Å². The molecule has 16 heavy (non-hydrogen) atoms. The van der Waals surface area contributed by atoms with Crippen molar-refractivity contribution in [1.29, 1.82) is 0 Å². The highest BCUT2D eigenvalue weighted by molar-refractivity contribution is 5.92. The van der Waals surface area contributed by atoms with Gasteiger partial charge in [0.05, 0.1) is 5.92 Å². The van der Waals surface area contributed by atoms with Gasteiger partial charge in [-0.15, -0.1) is 0 Å². The molecule has 4 heteroatoms. The number of nitrogens with one attached hydrogen (secondary N) is 2. The molecule has 86 valence electrons. The van der Waals surface area contributed by atoms with Gasteiger partial charge in [0.25, 0.3) is 0 Å². The monoisotopic (exact) mass is 219 g/mol. The maximum atomic E-state index is 11.9. The maximum Gasteiger partial charge on any atom is 0.230 e. The molecule has 1 fully saturated rings. The number of aromatic nitrogens is 1. The van der Waals surface area contributed by atoms with Crippen LogP contribution >= 0.6 is 0 Å². The summed E-state index contributed by atoms with van der Waals surface area (Å²) < 4.78 is 0. The second-order valence-corrected chi connectivity index (χ2v) is 4.29. The van der Waals surface area contributed by atoms with Crippen molar-refractivity contribution in [2.24, 2.45) is 5.92 Å². The smallest absolute Gasteiger partial charge is 0.230 e. The van der Waals surface area contributed by atoms with Crippen LogP contribution in [0, 0.1) is 12.8 Å². The topological polar surface area (TPSA) is 54.0 Å². The standard InChI is InChI=1S/C12H17N3O/c1-8-4-3-5-11(14-8)15-12(16)10-6-7-13-9(10)2/h3-5,9-10,13H,6-7H2,1-2H3,(H,14,15,16). The van der Waals surface area contributed by atoms with E-state index in [-0.39, 0.29) is 17.9 Å². The SMILES string of the molecule is Cc1cccc(NC(=O)C2CCNC2C)n1. The molecule has 4 nitrogen and oxygen atoms in total. The van der Waals surface area contributed by atoms with Gasteiger partial charge in [-0.1, -0.05) is 6.07 Å². The van der Waals surface area contributed by atoms with Crippen molar-refractivity contribution in [3.05, 3.63) is 23.9 Å². The zero-order valence-corrected chi connectivity index (χ0v) is 9.66. The lowest BCUT2D eigenvalue weighted by atomic mass is 10.0. The van der Waals surface area contributed by atoms with Gasteiger partial charge in [-0.2, -0.15) is 0 Å². The van der Waals surface area contributed by atoms with Crippen molar-refractivity contribution in [2.45, 2.75) is 26.3 Å². The molecule has 0 spiro atoms. The molecule has 2 atom stereocenters. The number of nitrogens with zero attached hydrogens (tertiary/aromatic N) is 1. The Labute approximate surface area is 95.5 Å². The van der Waals surface area contributed by atoms with E-state index in [9.17, 15) is 4.79 Å². The molecule has 1 aliphatic rings. The van der Waals surface area contributed by atoms with E-state index in [1.807, 2.05) is 32.0 Å². The molecule has 2 heterocycles. The number of hydrogen-bond acceptors (Lipinski definition) is 3. The molecule has 1 aromatic rings. The maximum absolute atomic E-state index is 11.9. The second-order valence-electron chi connectivity index (χ2n) is 4.29. The second kappa shape index (κ2) is 4.61. The Morgan fingerprint density at radius 3 is 3.00 bits per heavy atom. The first-order chi connectivity index (χ1) is 7.66. The van der Waals surface area contributed by atoms with Crippen molar-refractivity contribution in [3.63, 3.8) is 0 Å². The lowest BCUT2D eigenvalue weighted by Gasteiger charge is -2.14. The lowest BCUT2D eigenvalue weighted by molar-refractivity contribution is -0.120. The van der Waals surface area contributed by atoms with Gasteiger partial charge >= 0.3 is 0 Å². The average Bonchev–Trinajstić information content (AvgIpc) is 2.64. The van der Waals surface area contributed by atoms with Crippen molar-refractivity contribution in [1.82, 2.24) is 10.3 Å². The molecule has 1 amide bonds. The van der Waals surface area contributed by atoms with Crippen LogP contribution in [0.15, 0.2) is 18.2 Å². The lowest BCUT2D eigenvalue weighted by Crippen LogP contribution is -2.32. The molecule has 2 rings (SSSR count). The van der Waals surface area contributed by atoms with Gasteiger partial charge in [-0.05, 0) is 38.9 Å². The van der Waals surface area contributed by atoms with Crippen LogP contribution in [0.5, 0.6) is 0 Å². The summed E-state index contributed by atoms with van der Waals surface area (Å²) in [7, 11) is 0. The van der Waals surface area contributed by atoms with Crippen LogP contribution in [0.2, 0.25) is 0 Å². The Kier molecular flexibility index (Phi) is 3.19. The third-order valence-corrected chi connectivity index (χ3v) is 3.00. The quantitative estimate of drug-likeness (QED) is 0.789. The first-order valence-electron chi connectivity index (χ1n) is 5.65. The third-order valence-electron chi connectivity index (χ3n) is 3.00. The fraction of sp³-hybridized carbons (Fsp3) is 0.500. The minimum atomic E-state index is 0.0577. The predicted molar refractivity (Wildman–Crippen MR) is 63.2 cm³/mol. The summed E-state index contributed by atoms with van der Waals surface area (Å²) in [6.45, 7) is 4.87. The van der Waals surface area contributed by atoms with Crippen molar-refractivity contribution in [2.75, 3.05) is 11.9 Å². The summed E-state index contributed by atoms with van der Waals surface area (Å²) in [6.07, 6.45) is 0.902. The molecule has 1 aromatic heterocycles. The number of carbonyl (C=O) groups is 1. The first-order valence-corrected chi connectivity index (χ1v) is 5.65. The van der Waals surface area contributed by atoms with Gasteiger partial charge in [0.1, 0.15) is 5.82 Å². The van der Waals surface area contributed by atoms with Gasteiger partial charge in [-0.25, -0.2) is 4.98 Å². The summed E-state index contributed by atoms with van der Waals surface area (Å²) >= 11 is 0. The zero-order chi connectivity index (χ0) is 11.5. The number of rotatable bonds is 2. The van der Waals surface area contributed by atoms with Crippen LogP contribution in [-0.2, 0) is 4.79 Å². The van der Waals surface area contributed by atoms with Crippen LogP contribution in [0.1, 0.15) is 19.0 Å². The molecule has 1 saturated heterocycles. The van der Waals surface area contributed by atoms with E-state index in [1.54, 1.807) is 0 Å². The fourth-order valence-corrected chi connectivity index (χ4v) is 2.05. The minimum Gasteiger partial charge on any atom is -0.313 e.